The molecule has 0 aromatic heterocycles. The van der Waals surface area contributed by atoms with Gasteiger partial charge in [-0.15, -0.1) is 12.6 Å². The van der Waals surface area contributed by atoms with Crippen LogP contribution in [0.15, 0.2) is 29.2 Å². The first-order chi connectivity index (χ1) is 8.69. The Kier molecular flexibility index (Phi) is 4.66. The number of thiol groups is 1. The molecule has 2 rings (SSSR count). The van der Waals surface area contributed by atoms with E-state index in [9.17, 15) is 4.79 Å². The van der Waals surface area contributed by atoms with Crippen molar-refractivity contribution in [1.29, 1.82) is 0 Å². The smallest absolute Gasteiger partial charge is 0.226 e. The minimum Gasteiger partial charge on any atom is -0.396 e. The van der Waals surface area contributed by atoms with E-state index in [4.69, 9.17) is 5.11 Å². The first kappa shape index (κ1) is 13.4. The second-order valence-electron chi connectivity index (χ2n) is 4.85. The maximum atomic E-state index is 12.1. The number of rotatable bonds is 4. The van der Waals surface area contributed by atoms with Gasteiger partial charge in [0.1, 0.15) is 0 Å². The van der Waals surface area contributed by atoms with Crippen molar-refractivity contribution in [2.45, 2.75) is 24.2 Å². The maximum absolute atomic E-state index is 12.1. The van der Waals surface area contributed by atoms with E-state index < -0.39 is 0 Å². The molecule has 98 valence electrons. The molecule has 0 bridgehead atoms. The van der Waals surface area contributed by atoms with Crippen LogP contribution in [0.4, 0.5) is 0 Å². The van der Waals surface area contributed by atoms with Gasteiger partial charge in [0, 0.05) is 24.6 Å². The number of aliphatic hydroxyl groups excluding tert-OH is 1. The van der Waals surface area contributed by atoms with E-state index in [2.05, 4.69) is 12.6 Å². The number of benzene rings is 1. The molecule has 1 amide bonds. The van der Waals surface area contributed by atoms with Gasteiger partial charge in [0.05, 0.1) is 6.42 Å². The number of carbonyl (C=O) groups is 1. The molecule has 1 atom stereocenters. The number of aliphatic hydroxyl groups is 1. The number of nitrogens with zero attached hydrogens (tertiary/aromatic N) is 1. The zero-order chi connectivity index (χ0) is 13.0. The van der Waals surface area contributed by atoms with Crippen molar-refractivity contribution >= 4 is 18.5 Å². The van der Waals surface area contributed by atoms with E-state index in [1.807, 2.05) is 29.2 Å². The topological polar surface area (TPSA) is 40.5 Å². The van der Waals surface area contributed by atoms with Gasteiger partial charge in [-0.05, 0) is 36.5 Å². The molecule has 1 aromatic rings. The summed E-state index contributed by atoms with van der Waals surface area (Å²) in [6, 6.07) is 7.71. The largest absolute Gasteiger partial charge is 0.396 e. The fourth-order valence-electron chi connectivity index (χ4n) is 2.38. The molecule has 3 nitrogen and oxygen atoms in total. The highest BCUT2D eigenvalue weighted by molar-refractivity contribution is 7.80. The van der Waals surface area contributed by atoms with Crippen molar-refractivity contribution in [2.24, 2.45) is 5.92 Å². The predicted molar refractivity (Wildman–Crippen MR) is 73.8 cm³/mol. The monoisotopic (exact) mass is 265 g/mol. The Hall–Kier alpha value is -1.00. The van der Waals surface area contributed by atoms with Crippen LogP contribution in [0, 0.1) is 5.92 Å². The van der Waals surface area contributed by atoms with Crippen molar-refractivity contribution in [3.63, 3.8) is 0 Å². The fraction of sp³-hybridized carbons (Fsp3) is 0.500. The number of amides is 1. The average molecular weight is 265 g/mol. The second-order valence-corrected chi connectivity index (χ2v) is 5.37. The van der Waals surface area contributed by atoms with Crippen LogP contribution < -0.4 is 0 Å². The third kappa shape index (κ3) is 3.50. The quantitative estimate of drug-likeness (QED) is 0.814. The van der Waals surface area contributed by atoms with Crippen LogP contribution in [0.5, 0.6) is 0 Å². The molecule has 18 heavy (non-hydrogen) atoms. The molecule has 1 aliphatic rings. The van der Waals surface area contributed by atoms with E-state index in [0.717, 1.165) is 36.4 Å². The van der Waals surface area contributed by atoms with Gasteiger partial charge in [0.15, 0.2) is 0 Å². The highest BCUT2D eigenvalue weighted by atomic mass is 32.1. The fourth-order valence-corrected chi connectivity index (χ4v) is 2.53. The molecule has 1 heterocycles. The lowest BCUT2D eigenvalue weighted by Gasteiger charge is -2.16. The molecule has 4 heteroatoms. The van der Waals surface area contributed by atoms with E-state index in [1.54, 1.807) is 0 Å². The lowest BCUT2D eigenvalue weighted by atomic mass is 10.1. The van der Waals surface area contributed by atoms with Crippen LogP contribution in [0.3, 0.4) is 0 Å². The summed E-state index contributed by atoms with van der Waals surface area (Å²) in [4.78, 5) is 14.9. The van der Waals surface area contributed by atoms with Gasteiger partial charge in [-0.3, -0.25) is 4.79 Å². The second kappa shape index (κ2) is 6.25. The molecule has 0 aliphatic carbocycles. The van der Waals surface area contributed by atoms with Gasteiger partial charge in [0.25, 0.3) is 0 Å². The Balaban J connectivity index is 1.87. The SMILES string of the molecule is O=C(Cc1ccc(S)cc1)N1CCC(CCO)C1. The van der Waals surface area contributed by atoms with Gasteiger partial charge in [0.2, 0.25) is 5.91 Å². The first-order valence-electron chi connectivity index (χ1n) is 6.35. The molecule has 0 radical (unpaired) electrons. The van der Waals surface area contributed by atoms with Crippen molar-refractivity contribution in [3.8, 4) is 0 Å². The molecule has 1 N–H and O–H groups in total. The van der Waals surface area contributed by atoms with Gasteiger partial charge in [-0.1, -0.05) is 12.1 Å². The Morgan fingerprint density at radius 2 is 2.11 bits per heavy atom. The van der Waals surface area contributed by atoms with Crippen LogP contribution >= 0.6 is 12.6 Å². The molecule has 1 aromatic carbocycles. The lowest BCUT2D eigenvalue weighted by Crippen LogP contribution is -2.30. The minimum atomic E-state index is 0.183. The highest BCUT2D eigenvalue weighted by Crippen LogP contribution is 2.20. The van der Waals surface area contributed by atoms with E-state index in [-0.39, 0.29) is 12.5 Å². The third-order valence-corrected chi connectivity index (χ3v) is 3.77. The van der Waals surface area contributed by atoms with Gasteiger partial charge >= 0.3 is 0 Å². The molecule has 1 unspecified atom stereocenters. The number of likely N-dealkylation sites (tertiary alicyclic amines) is 1. The summed E-state index contributed by atoms with van der Waals surface area (Å²) >= 11 is 4.23. The minimum absolute atomic E-state index is 0.183. The molecule has 1 saturated heterocycles. The molecule has 0 saturated carbocycles. The summed E-state index contributed by atoms with van der Waals surface area (Å²) < 4.78 is 0. The molecular formula is C14H19NO2S. The first-order valence-corrected chi connectivity index (χ1v) is 6.80. The van der Waals surface area contributed by atoms with E-state index >= 15 is 0 Å². The van der Waals surface area contributed by atoms with Crippen molar-refractivity contribution < 1.29 is 9.90 Å². The van der Waals surface area contributed by atoms with Crippen molar-refractivity contribution in [1.82, 2.24) is 4.90 Å². The zero-order valence-electron chi connectivity index (χ0n) is 10.4. The van der Waals surface area contributed by atoms with E-state index in [1.165, 1.54) is 0 Å². The van der Waals surface area contributed by atoms with Crippen LogP contribution in [-0.4, -0.2) is 35.6 Å². The zero-order valence-corrected chi connectivity index (χ0v) is 11.3. The predicted octanol–water partition coefficient (Wildman–Crippen LogP) is 1.75. The Bertz CT molecular complexity index is 405. The number of hydrogen-bond acceptors (Lipinski definition) is 3. The Morgan fingerprint density at radius 3 is 2.78 bits per heavy atom. The number of hydrogen-bond donors (Lipinski definition) is 2. The highest BCUT2D eigenvalue weighted by Gasteiger charge is 2.25. The van der Waals surface area contributed by atoms with Gasteiger partial charge in [-0.2, -0.15) is 0 Å². The van der Waals surface area contributed by atoms with Crippen LogP contribution in [0.25, 0.3) is 0 Å². The summed E-state index contributed by atoms with van der Waals surface area (Å²) in [6.07, 6.45) is 2.28. The van der Waals surface area contributed by atoms with Crippen molar-refractivity contribution in [3.05, 3.63) is 29.8 Å². The van der Waals surface area contributed by atoms with Gasteiger partial charge < -0.3 is 10.0 Å². The van der Waals surface area contributed by atoms with E-state index in [0.29, 0.717) is 12.3 Å². The van der Waals surface area contributed by atoms with Crippen LogP contribution in [0.2, 0.25) is 0 Å². The summed E-state index contributed by atoms with van der Waals surface area (Å²) in [6.45, 7) is 1.84. The molecule has 0 spiro atoms. The average Bonchev–Trinajstić information content (AvgIpc) is 2.81. The van der Waals surface area contributed by atoms with Crippen LogP contribution in [-0.2, 0) is 11.2 Å². The Labute approximate surface area is 113 Å². The third-order valence-electron chi connectivity index (χ3n) is 3.47. The summed E-state index contributed by atoms with van der Waals surface area (Å²) in [5, 5.41) is 8.90. The molecule has 1 fully saturated rings. The standard InChI is InChI=1S/C14H19NO2S/c16-8-6-12-5-7-15(10-12)14(17)9-11-1-3-13(18)4-2-11/h1-4,12,16,18H,5-10H2. The molecule has 1 aliphatic heterocycles. The van der Waals surface area contributed by atoms with Crippen molar-refractivity contribution in [2.75, 3.05) is 19.7 Å². The summed E-state index contributed by atoms with van der Waals surface area (Å²) in [5.74, 6) is 0.654. The van der Waals surface area contributed by atoms with Crippen LogP contribution in [0.1, 0.15) is 18.4 Å². The summed E-state index contributed by atoms with van der Waals surface area (Å²) in [5.41, 5.74) is 1.03. The number of carbonyl (C=O) groups excluding carboxylic acids is 1. The lowest BCUT2D eigenvalue weighted by molar-refractivity contribution is -0.129. The maximum Gasteiger partial charge on any atom is 0.226 e. The normalized spacial score (nSPS) is 19.2. The van der Waals surface area contributed by atoms with Gasteiger partial charge in [-0.25, -0.2) is 0 Å². The Morgan fingerprint density at radius 1 is 1.39 bits per heavy atom. The summed E-state index contributed by atoms with van der Waals surface area (Å²) in [7, 11) is 0. The molecular weight excluding hydrogens is 246 g/mol.